The fraction of sp³-hybridized carbons (Fsp3) is 0.235. The topological polar surface area (TPSA) is 53.1 Å². The number of para-hydroxylation sites is 2. The van der Waals surface area contributed by atoms with Crippen LogP contribution in [0.3, 0.4) is 0 Å². The highest BCUT2D eigenvalue weighted by atomic mass is 16.5. The van der Waals surface area contributed by atoms with Crippen LogP contribution in [0.5, 0.6) is 5.75 Å². The summed E-state index contributed by atoms with van der Waals surface area (Å²) in [6.45, 7) is 2.72. The summed E-state index contributed by atoms with van der Waals surface area (Å²) in [7, 11) is 1.66. The first-order chi connectivity index (χ1) is 10.2. The number of methoxy groups -OCH3 is 1. The monoisotopic (exact) mass is 281 g/mol. The van der Waals surface area contributed by atoms with Crippen LogP contribution in [0.2, 0.25) is 0 Å². The number of nitrogens with two attached hydrogens (primary N) is 1. The van der Waals surface area contributed by atoms with Crippen molar-refractivity contribution in [2.75, 3.05) is 7.11 Å². The summed E-state index contributed by atoms with van der Waals surface area (Å²) >= 11 is 0. The minimum absolute atomic E-state index is 0.0767. The third-order valence-electron chi connectivity index (χ3n) is 3.77. The number of aromatic nitrogens is 2. The van der Waals surface area contributed by atoms with E-state index in [0.717, 1.165) is 28.2 Å². The van der Waals surface area contributed by atoms with E-state index in [-0.39, 0.29) is 6.04 Å². The number of rotatable bonds is 4. The SMILES string of the molecule is COc1ccc(C(N)Cn2c(C)nc3ccccc32)cc1. The molecule has 3 rings (SSSR count). The summed E-state index contributed by atoms with van der Waals surface area (Å²) in [6.07, 6.45) is 0. The number of nitrogens with zero attached hydrogens (tertiary/aromatic N) is 2. The highest BCUT2D eigenvalue weighted by Gasteiger charge is 2.12. The molecule has 3 aromatic rings. The predicted molar refractivity (Wildman–Crippen MR) is 84.4 cm³/mol. The molecule has 21 heavy (non-hydrogen) atoms. The van der Waals surface area contributed by atoms with Gasteiger partial charge in [-0.2, -0.15) is 0 Å². The van der Waals surface area contributed by atoms with E-state index in [4.69, 9.17) is 10.5 Å². The molecule has 1 heterocycles. The van der Waals surface area contributed by atoms with Gasteiger partial charge in [-0.15, -0.1) is 0 Å². The Kier molecular flexibility index (Phi) is 3.62. The van der Waals surface area contributed by atoms with E-state index < -0.39 is 0 Å². The molecule has 4 heteroatoms. The van der Waals surface area contributed by atoms with Crippen LogP contribution < -0.4 is 10.5 Å². The molecule has 2 N–H and O–H groups in total. The van der Waals surface area contributed by atoms with Gasteiger partial charge in [-0.3, -0.25) is 0 Å². The van der Waals surface area contributed by atoms with Crippen LogP contribution in [0.15, 0.2) is 48.5 Å². The van der Waals surface area contributed by atoms with Crippen molar-refractivity contribution in [1.29, 1.82) is 0 Å². The van der Waals surface area contributed by atoms with Gasteiger partial charge in [0, 0.05) is 12.6 Å². The number of benzene rings is 2. The van der Waals surface area contributed by atoms with E-state index in [9.17, 15) is 0 Å². The molecule has 0 aliphatic rings. The minimum Gasteiger partial charge on any atom is -0.497 e. The molecule has 4 nitrogen and oxygen atoms in total. The van der Waals surface area contributed by atoms with E-state index in [1.807, 2.05) is 49.4 Å². The quantitative estimate of drug-likeness (QED) is 0.799. The zero-order chi connectivity index (χ0) is 14.8. The summed E-state index contributed by atoms with van der Waals surface area (Å²) in [5.74, 6) is 1.83. The standard InChI is InChI=1S/C17H19N3O/c1-12-19-16-5-3-4-6-17(16)20(12)11-15(18)13-7-9-14(21-2)10-8-13/h3-10,15H,11,18H2,1-2H3. The molecule has 1 aromatic heterocycles. The van der Waals surface area contributed by atoms with Gasteiger partial charge in [-0.05, 0) is 36.8 Å². The van der Waals surface area contributed by atoms with Crippen molar-refractivity contribution in [2.45, 2.75) is 19.5 Å². The Morgan fingerprint density at radius 3 is 2.57 bits per heavy atom. The van der Waals surface area contributed by atoms with E-state index in [1.165, 1.54) is 0 Å². The first kappa shape index (κ1) is 13.6. The van der Waals surface area contributed by atoms with E-state index >= 15 is 0 Å². The van der Waals surface area contributed by atoms with Gasteiger partial charge in [0.2, 0.25) is 0 Å². The normalized spacial score (nSPS) is 12.5. The summed E-state index contributed by atoms with van der Waals surface area (Å²) < 4.78 is 7.35. The van der Waals surface area contributed by atoms with Crippen LogP contribution in [0.4, 0.5) is 0 Å². The number of ether oxygens (including phenoxy) is 1. The highest BCUT2D eigenvalue weighted by Crippen LogP contribution is 2.21. The van der Waals surface area contributed by atoms with Gasteiger partial charge in [0.05, 0.1) is 18.1 Å². The maximum absolute atomic E-state index is 6.35. The average molecular weight is 281 g/mol. The van der Waals surface area contributed by atoms with Crippen molar-refractivity contribution in [2.24, 2.45) is 5.73 Å². The van der Waals surface area contributed by atoms with Gasteiger partial charge in [0.1, 0.15) is 11.6 Å². The molecule has 0 radical (unpaired) electrons. The Hall–Kier alpha value is -2.33. The van der Waals surface area contributed by atoms with Gasteiger partial charge < -0.3 is 15.0 Å². The van der Waals surface area contributed by atoms with Crippen LogP contribution in [-0.4, -0.2) is 16.7 Å². The number of fused-ring (bicyclic) bond motifs is 1. The van der Waals surface area contributed by atoms with E-state index in [2.05, 4.69) is 15.6 Å². The Bertz CT molecular complexity index is 746. The Balaban J connectivity index is 1.88. The molecule has 1 atom stereocenters. The first-order valence-corrected chi connectivity index (χ1v) is 7.00. The summed E-state index contributed by atoms with van der Waals surface area (Å²) in [5.41, 5.74) is 9.57. The molecule has 0 bridgehead atoms. The summed E-state index contributed by atoms with van der Waals surface area (Å²) in [4.78, 5) is 4.57. The van der Waals surface area contributed by atoms with Gasteiger partial charge >= 0.3 is 0 Å². The number of imidazole rings is 1. The van der Waals surface area contributed by atoms with Crippen molar-refractivity contribution in [1.82, 2.24) is 9.55 Å². The van der Waals surface area contributed by atoms with Crippen molar-refractivity contribution >= 4 is 11.0 Å². The Morgan fingerprint density at radius 1 is 1.14 bits per heavy atom. The van der Waals surface area contributed by atoms with E-state index in [0.29, 0.717) is 6.54 Å². The molecule has 0 saturated carbocycles. The second-order valence-corrected chi connectivity index (χ2v) is 5.14. The molecule has 0 amide bonds. The first-order valence-electron chi connectivity index (χ1n) is 7.00. The van der Waals surface area contributed by atoms with Crippen molar-refractivity contribution < 1.29 is 4.74 Å². The van der Waals surface area contributed by atoms with Crippen LogP contribution >= 0.6 is 0 Å². The summed E-state index contributed by atoms with van der Waals surface area (Å²) in [6, 6.07) is 16.0. The third kappa shape index (κ3) is 2.62. The largest absolute Gasteiger partial charge is 0.497 e. The van der Waals surface area contributed by atoms with Crippen LogP contribution in [-0.2, 0) is 6.54 Å². The second-order valence-electron chi connectivity index (χ2n) is 5.14. The molecule has 0 saturated heterocycles. The molecule has 0 aliphatic carbocycles. The smallest absolute Gasteiger partial charge is 0.118 e. The zero-order valence-corrected chi connectivity index (χ0v) is 12.3. The lowest BCUT2D eigenvalue weighted by Crippen LogP contribution is -2.18. The lowest BCUT2D eigenvalue weighted by atomic mass is 10.1. The van der Waals surface area contributed by atoms with Gasteiger partial charge in [0.25, 0.3) is 0 Å². The average Bonchev–Trinajstić information content (AvgIpc) is 2.83. The van der Waals surface area contributed by atoms with Crippen molar-refractivity contribution in [3.8, 4) is 5.75 Å². The van der Waals surface area contributed by atoms with Crippen LogP contribution in [0, 0.1) is 6.92 Å². The second kappa shape index (κ2) is 5.58. The molecule has 1 unspecified atom stereocenters. The number of aryl methyl sites for hydroxylation is 1. The fourth-order valence-electron chi connectivity index (χ4n) is 2.58. The van der Waals surface area contributed by atoms with E-state index in [1.54, 1.807) is 7.11 Å². The predicted octanol–water partition coefficient (Wildman–Crippen LogP) is 3.05. The molecular formula is C17H19N3O. The molecule has 0 aliphatic heterocycles. The van der Waals surface area contributed by atoms with Crippen molar-refractivity contribution in [3.63, 3.8) is 0 Å². The molecule has 0 fully saturated rings. The fourth-order valence-corrected chi connectivity index (χ4v) is 2.58. The third-order valence-corrected chi connectivity index (χ3v) is 3.77. The summed E-state index contributed by atoms with van der Waals surface area (Å²) in [5, 5.41) is 0. The molecule has 2 aromatic carbocycles. The lowest BCUT2D eigenvalue weighted by molar-refractivity contribution is 0.414. The highest BCUT2D eigenvalue weighted by molar-refractivity contribution is 5.75. The minimum atomic E-state index is -0.0767. The van der Waals surface area contributed by atoms with Crippen LogP contribution in [0.1, 0.15) is 17.4 Å². The number of hydrogen-bond acceptors (Lipinski definition) is 3. The maximum atomic E-state index is 6.35. The van der Waals surface area contributed by atoms with Gasteiger partial charge in [0.15, 0.2) is 0 Å². The molecule has 108 valence electrons. The number of hydrogen-bond donors (Lipinski definition) is 1. The van der Waals surface area contributed by atoms with Crippen molar-refractivity contribution in [3.05, 3.63) is 59.9 Å². The van der Waals surface area contributed by atoms with Gasteiger partial charge in [-0.1, -0.05) is 24.3 Å². The lowest BCUT2D eigenvalue weighted by Gasteiger charge is -2.15. The molecule has 0 spiro atoms. The maximum Gasteiger partial charge on any atom is 0.118 e. The Labute approximate surface area is 124 Å². The zero-order valence-electron chi connectivity index (χ0n) is 12.3. The van der Waals surface area contributed by atoms with Gasteiger partial charge in [-0.25, -0.2) is 4.98 Å². The van der Waals surface area contributed by atoms with Crippen LogP contribution in [0.25, 0.3) is 11.0 Å². The molecular weight excluding hydrogens is 262 g/mol. The Morgan fingerprint density at radius 2 is 1.86 bits per heavy atom.